The molecule has 0 saturated heterocycles. The molecule has 88 valence electrons. The Bertz CT molecular complexity index is 366. The van der Waals surface area contributed by atoms with Gasteiger partial charge in [0.15, 0.2) is 0 Å². The molecule has 1 aromatic rings. The van der Waals surface area contributed by atoms with E-state index in [1.54, 1.807) is 4.90 Å². The van der Waals surface area contributed by atoms with Crippen molar-refractivity contribution in [3.8, 4) is 0 Å². The van der Waals surface area contributed by atoms with Gasteiger partial charge < -0.3 is 4.90 Å². The molecule has 0 aliphatic heterocycles. The van der Waals surface area contributed by atoms with Crippen LogP contribution in [0.25, 0.3) is 0 Å². The summed E-state index contributed by atoms with van der Waals surface area (Å²) in [5.74, 6) is 0.0643. The summed E-state index contributed by atoms with van der Waals surface area (Å²) in [7, 11) is 1.83. The maximum Gasteiger partial charge on any atom is 0.253 e. The smallest absolute Gasteiger partial charge is 0.253 e. The first-order valence-corrected chi connectivity index (χ1v) is 6.86. The molecule has 1 aromatic carbocycles. The van der Waals surface area contributed by atoms with E-state index >= 15 is 0 Å². The van der Waals surface area contributed by atoms with Crippen molar-refractivity contribution in [2.45, 2.75) is 18.2 Å². The van der Waals surface area contributed by atoms with Crippen LogP contribution in [0.1, 0.15) is 23.7 Å². The van der Waals surface area contributed by atoms with Crippen LogP contribution in [0, 0.1) is 0 Å². The first-order chi connectivity index (χ1) is 7.50. The number of hydrogen-bond donors (Lipinski definition) is 0. The van der Waals surface area contributed by atoms with Crippen LogP contribution in [0.15, 0.2) is 28.7 Å². The second-order valence-electron chi connectivity index (χ2n) is 3.81. The highest BCUT2D eigenvalue weighted by Crippen LogP contribution is 2.13. The Kier molecular flexibility index (Phi) is 5.49. The van der Waals surface area contributed by atoms with Crippen LogP contribution in [0.5, 0.6) is 0 Å². The Balaban J connectivity index is 2.63. The fraction of sp³-hybridized carbons (Fsp3) is 0.417. The van der Waals surface area contributed by atoms with Gasteiger partial charge in [-0.2, -0.15) is 0 Å². The highest BCUT2D eigenvalue weighted by Gasteiger charge is 2.11. The van der Waals surface area contributed by atoms with E-state index in [1.165, 1.54) is 0 Å². The van der Waals surface area contributed by atoms with Gasteiger partial charge in [0.05, 0.1) is 0 Å². The van der Waals surface area contributed by atoms with Gasteiger partial charge in [0, 0.05) is 28.5 Å². The van der Waals surface area contributed by atoms with Crippen molar-refractivity contribution in [1.29, 1.82) is 0 Å². The minimum absolute atomic E-state index is 0.0643. The van der Waals surface area contributed by atoms with E-state index in [1.807, 2.05) is 31.3 Å². The predicted molar refractivity (Wildman–Crippen MR) is 74.1 cm³/mol. The number of alkyl halides is 1. The SMILES string of the molecule is CC(Br)CCN(C)C(=O)c1cccc(Br)c1. The minimum atomic E-state index is 0.0643. The Morgan fingerprint density at radius 3 is 2.75 bits per heavy atom. The minimum Gasteiger partial charge on any atom is -0.342 e. The summed E-state index contributed by atoms with van der Waals surface area (Å²) < 4.78 is 0.931. The molecule has 16 heavy (non-hydrogen) atoms. The largest absolute Gasteiger partial charge is 0.342 e. The van der Waals surface area contributed by atoms with Gasteiger partial charge in [-0.15, -0.1) is 0 Å². The molecular weight excluding hydrogens is 334 g/mol. The number of halogens is 2. The average molecular weight is 349 g/mol. The third-order valence-electron chi connectivity index (χ3n) is 2.28. The maximum absolute atomic E-state index is 12.0. The third kappa shape index (κ3) is 4.26. The number of amides is 1. The first-order valence-electron chi connectivity index (χ1n) is 5.16. The van der Waals surface area contributed by atoms with E-state index < -0.39 is 0 Å². The second kappa shape index (κ2) is 6.40. The van der Waals surface area contributed by atoms with Crippen LogP contribution in [-0.2, 0) is 0 Å². The lowest BCUT2D eigenvalue weighted by atomic mass is 10.2. The number of carbonyl (C=O) groups is 1. The van der Waals surface area contributed by atoms with Crippen molar-refractivity contribution in [1.82, 2.24) is 4.90 Å². The van der Waals surface area contributed by atoms with Crippen LogP contribution >= 0.6 is 31.9 Å². The Hall–Kier alpha value is -0.350. The zero-order valence-electron chi connectivity index (χ0n) is 9.41. The highest BCUT2D eigenvalue weighted by molar-refractivity contribution is 9.10. The van der Waals surface area contributed by atoms with E-state index in [0.717, 1.165) is 23.0 Å². The van der Waals surface area contributed by atoms with Crippen molar-refractivity contribution < 1.29 is 4.79 Å². The van der Waals surface area contributed by atoms with Gasteiger partial charge in [-0.1, -0.05) is 44.8 Å². The monoisotopic (exact) mass is 347 g/mol. The van der Waals surface area contributed by atoms with Crippen molar-refractivity contribution in [3.63, 3.8) is 0 Å². The molecule has 0 aromatic heterocycles. The van der Waals surface area contributed by atoms with Crippen molar-refractivity contribution in [2.24, 2.45) is 0 Å². The molecule has 0 N–H and O–H groups in total. The summed E-state index contributed by atoms with van der Waals surface area (Å²) >= 11 is 6.84. The molecule has 1 amide bonds. The van der Waals surface area contributed by atoms with E-state index in [0.29, 0.717) is 4.83 Å². The predicted octanol–water partition coefficient (Wildman–Crippen LogP) is 3.69. The second-order valence-corrected chi connectivity index (χ2v) is 6.29. The van der Waals surface area contributed by atoms with Crippen LogP contribution in [0.3, 0.4) is 0 Å². The van der Waals surface area contributed by atoms with E-state index in [-0.39, 0.29) is 5.91 Å². The lowest BCUT2D eigenvalue weighted by molar-refractivity contribution is 0.0794. The molecule has 1 unspecified atom stereocenters. The molecule has 1 rings (SSSR count). The molecule has 0 saturated carbocycles. The van der Waals surface area contributed by atoms with Gasteiger partial charge in [0.1, 0.15) is 0 Å². The Morgan fingerprint density at radius 1 is 1.50 bits per heavy atom. The third-order valence-corrected chi connectivity index (χ3v) is 3.23. The lowest BCUT2D eigenvalue weighted by Gasteiger charge is -2.18. The summed E-state index contributed by atoms with van der Waals surface area (Å²) in [6, 6.07) is 7.47. The van der Waals surface area contributed by atoms with Crippen LogP contribution in [-0.4, -0.2) is 29.2 Å². The fourth-order valence-electron chi connectivity index (χ4n) is 1.31. The first kappa shape index (κ1) is 13.7. The van der Waals surface area contributed by atoms with Crippen molar-refractivity contribution >= 4 is 37.8 Å². The Morgan fingerprint density at radius 2 is 2.19 bits per heavy atom. The zero-order valence-corrected chi connectivity index (χ0v) is 12.6. The number of benzene rings is 1. The quantitative estimate of drug-likeness (QED) is 0.760. The van der Waals surface area contributed by atoms with Crippen molar-refractivity contribution in [2.75, 3.05) is 13.6 Å². The zero-order chi connectivity index (χ0) is 12.1. The molecule has 0 bridgehead atoms. The molecular formula is C12H15Br2NO. The summed E-state index contributed by atoms with van der Waals surface area (Å²) in [4.78, 5) is 14.2. The molecule has 0 aliphatic carbocycles. The summed E-state index contributed by atoms with van der Waals surface area (Å²) in [6.45, 7) is 2.84. The average Bonchev–Trinajstić information content (AvgIpc) is 2.24. The fourth-order valence-corrected chi connectivity index (χ4v) is 1.92. The lowest BCUT2D eigenvalue weighted by Crippen LogP contribution is -2.28. The molecule has 0 aliphatic rings. The number of rotatable bonds is 4. The summed E-state index contributed by atoms with van der Waals surface area (Å²) in [5.41, 5.74) is 0.721. The van der Waals surface area contributed by atoms with Gasteiger partial charge in [-0.3, -0.25) is 4.79 Å². The standard InChI is InChI=1S/C12H15Br2NO/c1-9(13)6-7-15(2)12(16)10-4-3-5-11(14)8-10/h3-5,8-9H,6-7H2,1-2H3. The molecule has 0 heterocycles. The van der Waals surface area contributed by atoms with Gasteiger partial charge in [0.2, 0.25) is 0 Å². The van der Waals surface area contributed by atoms with E-state index in [9.17, 15) is 4.79 Å². The van der Waals surface area contributed by atoms with E-state index in [2.05, 4.69) is 38.8 Å². The van der Waals surface area contributed by atoms with E-state index in [4.69, 9.17) is 0 Å². The molecule has 4 heteroatoms. The van der Waals surface area contributed by atoms with Gasteiger partial charge in [0.25, 0.3) is 5.91 Å². The van der Waals surface area contributed by atoms with Crippen LogP contribution in [0.2, 0.25) is 0 Å². The molecule has 2 nitrogen and oxygen atoms in total. The maximum atomic E-state index is 12.0. The van der Waals surface area contributed by atoms with Gasteiger partial charge in [-0.25, -0.2) is 0 Å². The number of nitrogens with zero attached hydrogens (tertiary/aromatic N) is 1. The van der Waals surface area contributed by atoms with Crippen LogP contribution in [0.4, 0.5) is 0 Å². The number of hydrogen-bond acceptors (Lipinski definition) is 1. The normalized spacial score (nSPS) is 12.2. The molecule has 0 fully saturated rings. The number of carbonyl (C=O) groups excluding carboxylic acids is 1. The van der Waals surface area contributed by atoms with Crippen molar-refractivity contribution in [3.05, 3.63) is 34.3 Å². The summed E-state index contributed by atoms with van der Waals surface area (Å²) in [6.07, 6.45) is 0.955. The molecule has 0 radical (unpaired) electrons. The molecule has 1 atom stereocenters. The summed E-state index contributed by atoms with van der Waals surface area (Å²) in [5, 5.41) is 0. The van der Waals surface area contributed by atoms with Crippen LogP contribution < -0.4 is 0 Å². The molecule has 0 spiro atoms. The highest BCUT2D eigenvalue weighted by atomic mass is 79.9. The van der Waals surface area contributed by atoms with Gasteiger partial charge in [-0.05, 0) is 24.6 Å². The Labute approximate surface area is 113 Å². The topological polar surface area (TPSA) is 20.3 Å². The van der Waals surface area contributed by atoms with Gasteiger partial charge >= 0.3 is 0 Å².